The van der Waals surface area contributed by atoms with E-state index in [9.17, 15) is 13.6 Å². The molecule has 0 unspecified atom stereocenters. The molecule has 0 saturated carbocycles. The van der Waals surface area contributed by atoms with Crippen LogP contribution in [0.25, 0.3) is 0 Å². The molecule has 1 aromatic carbocycles. The Labute approximate surface area is 120 Å². The van der Waals surface area contributed by atoms with Crippen LogP contribution in [-0.4, -0.2) is 28.5 Å². The van der Waals surface area contributed by atoms with E-state index in [0.717, 1.165) is 0 Å². The van der Waals surface area contributed by atoms with Gasteiger partial charge in [0.15, 0.2) is 0 Å². The van der Waals surface area contributed by atoms with Gasteiger partial charge in [0, 0.05) is 16.1 Å². The molecule has 7 heteroatoms. The van der Waals surface area contributed by atoms with E-state index in [1.807, 2.05) is 0 Å². The summed E-state index contributed by atoms with van der Waals surface area (Å²) in [6.45, 7) is 0.510. The molecule has 1 aromatic rings. The summed E-state index contributed by atoms with van der Waals surface area (Å²) < 4.78 is 28.3. The van der Waals surface area contributed by atoms with Gasteiger partial charge in [-0.05, 0) is 19.9 Å². The Hall–Kier alpha value is -1.34. The summed E-state index contributed by atoms with van der Waals surface area (Å²) in [5.41, 5.74) is 6.18. The second-order valence-electron chi connectivity index (χ2n) is 4.69. The zero-order valence-electron chi connectivity index (χ0n) is 11.2. The third-order valence-corrected chi connectivity index (χ3v) is 4.26. The first-order valence-electron chi connectivity index (χ1n) is 5.89. The molecular weight excluding hydrogens is 288 g/mol. The average molecular weight is 305 g/mol. The number of nitrogens with two attached hydrogens (primary N) is 1. The summed E-state index contributed by atoms with van der Waals surface area (Å²) in [6, 6.07) is 5.37. The molecule has 4 nitrogen and oxygen atoms in total. The summed E-state index contributed by atoms with van der Waals surface area (Å²) in [6.07, 6.45) is 0. The number of rotatable bonds is 7. The molecule has 0 amide bonds. The van der Waals surface area contributed by atoms with Crippen LogP contribution in [0.2, 0.25) is 0 Å². The van der Waals surface area contributed by atoms with Gasteiger partial charge in [0.1, 0.15) is 11.8 Å². The normalized spacial score (nSPS) is 13.3. The van der Waals surface area contributed by atoms with E-state index in [1.54, 1.807) is 32.0 Å². The van der Waals surface area contributed by atoms with Gasteiger partial charge in [-0.3, -0.25) is 4.79 Å². The molecule has 3 N–H and O–H groups in total. The number of benzene rings is 1. The van der Waals surface area contributed by atoms with Gasteiger partial charge in [-0.25, -0.2) is 0 Å². The molecular formula is C13H17F2NO3S. The first kappa shape index (κ1) is 16.7. The number of carboxylic acid groups (broad SMARTS) is 1. The number of alkyl halides is 2. The smallest absolute Gasteiger partial charge is 0.387 e. The van der Waals surface area contributed by atoms with E-state index >= 15 is 0 Å². The lowest BCUT2D eigenvalue weighted by molar-refractivity contribution is -0.139. The zero-order chi connectivity index (χ0) is 15.3. The average Bonchev–Trinajstić information content (AvgIpc) is 2.36. The van der Waals surface area contributed by atoms with Crippen molar-refractivity contribution >= 4 is 17.7 Å². The molecule has 0 fully saturated rings. The molecule has 0 aliphatic rings. The number of ether oxygens (including phenoxy) is 1. The SMILES string of the molecule is CC(C)(SCc1ccccc1OC(F)F)[C@H](N)C(=O)O. The molecule has 1 rings (SSSR count). The molecule has 0 aliphatic heterocycles. The van der Waals surface area contributed by atoms with Gasteiger partial charge in [0.05, 0.1) is 0 Å². The monoisotopic (exact) mass is 305 g/mol. The Bertz CT molecular complexity index is 469. The van der Waals surface area contributed by atoms with Crippen molar-refractivity contribution in [1.82, 2.24) is 0 Å². The minimum Gasteiger partial charge on any atom is -0.480 e. The van der Waals surface area contributed by atoms with Gasteiger partial charge in [0.25, 0.3) is 0 Å². The summed E-state index contributed by atoms with van der Waals surface area (Å²) >= 11 is 1.28. The van der Waals surface area contributed by atoms with Gasteiger partial charge in [0.2, 0.25) is 0 Å². The number of aliphatic carboxylic acids is 1. The number of carbonyl (C=O) groups is 1. The van der Waals surface area contributed by atoms with E-state index in [1.165, 1.54) is 17.8 Å². The molecule has 0 saturated heterocycles. The third kappa shape index (κ3) is 4.64. The molecule has 0 aliphatic carbocycles. The Morgan fingerprint density at radius 3 is 2.60 bits per heavy atom. The lowest BCUT2D eigenvalue weighted by Crippen LogP contribution is -2.46. The fourth-order valence-electron chi connectivity index (χ4n) is 1.48. The highest BCUT2D eigenvalue weighted by molar-refractivity contribution is 7.99. The lowest BCUT2D eigenvalue weighted by Gasteiger charge is -2.28. The number of thioether (sulfide) groups is 1. The summed E-state index contributed by atoms with van der Waals surface area (Å²) in [5, 5.41) is 8.93. The molecule has 0 bridgehead atoms. The van der Waals surface area contributed by atoms with Crippen molar-refractivity contribution in [2.24, 2.45) is 5.73 Å². The number of carboxylic acids is 1. The van der Waals surface area contributed by atoms with Crippen LogP contribution in [0.3, 0.4) is 0 Å². The fraction of sp³-hybridized carbons (Fsp3) is 0.462. The molecule has 1 atom stereocenters. The van der Waals surface area contributed by atoms with Crippen LogP contribution in [0.1, 0.15) is 19.4 Å². The first-order chi connectivity index (χ1) is 9.24. The third-order valence-electron chi connectivity index (χ3n) is 2.80. The van der Waals surface area contributed by atoms with Crippen molar-refractivity contribution in [1.29, 1.82) is 0 Å². The van der Waals surface area contributed by atoms with E-state index < -0.39 is 23.4 Å². The van der Waals surface area contributed by atoms with Gasteiger partial charge >= 0.3 is 12.6 Å². The van der Waals surface area contributed by atoms with Crippen LogP contribution in [0.5, 0.6) is 5.75 Å². The summed E-state index contributed by atoms with van der Waals surface area (Å²) in [4.78, 5) is 10.9. The molecule has 0 radical (unpaired) electrons. The molecule has 20 heavy (non-hydrogen) atoms. The van der Waals surface area contributed by atoms with Crippen molar-refractivity contribution in [2.45, 2.75) is 37.0 Å². The van der Waals surface area contributed by atoms with E-state index in [4.69, 9.17) is 10.8 Å². The number of halogens is 2. The molecule has 0 spiro atoms. The Balaban J connectivity index is 2.77. The van der Waals surface area contributed by atoms with E-state index in [0.29, 0.717) is 11.3 Å². The van der Waals surface area contributed by atoms with Crippen LogP contribution in [0.15, 0.2) is 24.3 Å². The molecule has 0 aromatic heterocycles. The summed E-state index contributed by atoms with van der Waals surface area (Å²) in [5.74, 6) is -0.675. The van der Waals surface area contributed by atoms with Crippen LogP contribution >= 0.6 is 11.8 Å². The Morgan fingerprint density at radius 1 is 1.45 bits per heavy atom. The zero-order valence-corrected chi connectivity index (χ0v) is 12.0. The standard InChI is InChI=1S/C13H17F2NO3S/c1-13(2,10(16)11(17)18)20-7-8-5-3-4-6-9(8)19-12(14)15/h3-6,10,12H,7,16H2,1-2H3,(H,17,18)/t10-/m1/s1. The van der Waals surface area contributed by atoms with Crippen LogP contribution < -0.4 is 10.5 Å². The Kier molecular flexibility index (Phi) is 5.76. The van der Waals surface area contributed by atoms with E-state index in [2.05, 4.69) is 4.74 Å². The number of hydrogen-bond donors (Lipinski definition) is 2. The lowest BCUT2D eigenvalue weighted by atomic mass is 10.1. The van der Waals surface area contributed by atoms with Crippen LogP contribution in [0.4, 0.5) is 8.78 Å². The number of hydrogen-bond acceptors (Lipinski definition) is 4. The maximum Gasteiger partial charge on any atom is 0.387 e. The van der Waals surface area contributed by atoms with Gasteiger partial charge in [-0.2, -0.15) is 8.78 Å². The van der Waals surface area contributed by atoms with Crippen molar-refractivity contribution in [3.8, 4) is 5.75 Å². The number of para-hydroxylation sites is 1. The van der Waals surface area contributed by atoms with Crippen molar-refractivity contribution in [2.75, 3.05) is 0 Å². The van der Waals surface area contributed by atoms with Crippen molar-refractivity contribution in [3.05, 3.63) is 29.8 Å². The van der Waals surface area contributed by atoms with Gasteiger partial charge < -0.3 is 15.6 Å². The second kappa shape index (κ2) is 6.90. The van der Waals surface area contributed by atoms with Gasteiger partial charge in [-0.1, -0.05) is 18.2 Å². The van der Waals surface area contributed by atoms with Gasteiger partial charge in [-0.15, -0.1) is 11.8 Å². The quantitative estimate of drug-likeness (QED) is 0.810. The minimum atomic E-state index is -2.89. The molecule has 112 valence electrons. The summed E-state index contributed by atoms with van der Waals surface area (Å²) in [7, 11) is 0. The topological polar surface area (TPSA) is 72.5 Å². The van der Waals surface area contributed by atoms with Crippen LogP contribution in [0, 0.1) is 0 Å². The first-order valence-corrected chi connectivity index (χ1v) is 6.87. The predicted octanol–water partition coefficient (Wildman–Crippen LogP) is 2.71. The predicted molar refractivity (Wildman–Crippen MR) is 74.1 cm³/mol. The highest BCUT2D eigenvalue weighted by Crippen LogP contribution is 2.33. The molecule has 0 heterocycles. The second-order valence-corrected chi connectivity index (χ2v) is 6.32. The maximum absolute atomic E-state index is 12.3. The van der Waals surface area contributed by atoms with E-state index in [-0.39, 0.29) is 5.75 Å². The van der Waals surface area contributed by atoms with Crippen molar-refractivity contribution in [3.63, 3.8) is 0 Å². The Morgan fingerprint density at radius 2 is 2.05 bits per heavy atom. The minimum absolute atomic E-state index is 0.0923. The van der Waals surface area contributed by atoms with Crippen molar-refractivity contribution < 1.29 is 23.4 Å². The highest BCUT2D eigenvalue weighted by Gasteiger charge is 2.32. The maximum atomic E-state index is 12.3. The fourth-order valence-corrected chi connectivity index (χ4v) is 2.53. The largest absolute Gasteiger partial charge is 0.480 e. The van der Waals surface area contributed by atoms with Crippen LogP contribution in [-0.2, 0) is 10.5 Å². The highest BCUT2D eigenvalue weighted by atomic mass is 32.2.